The first-order valence-corrected chi connectivity index (χ1v) is 4.90. The fourth-order valence-corrected chi connectivity index (χ4v) is 1.56. The number of terminal acetylenes is 1. The summed E-state index contributed by atoms with van der Waals surface area (Å²) in [5.41, 5.74) is 1.12. The lowest BCUT2D eigenvalue weighted by molar-refractivity contribution is 0.458. The second kappa shape index (κ2) is 4.23. The first kappa shape index (κ1) is 10.7. The second-order valence-corrected chi connectivity index (χ2v) is 4.04. The van der Waals surface area contributed by atoms with E-state index in [4.69, 9.17) is 6.42 Å². The molecule has 0 aromatic carbocycles. The molecule has 2 nitrogen and oxygen atoms in total. The molecule has 0 saturated heterocycles. The molecule has 0 radical (unpaired) electrons. The molecular formula is C12H16N2. The summed E-state index contributed by atoms with van der Waals surface area (Å²) < 4.78 is 0. The van der Waals surface area contributed by atoms with Crippen molar-refractivity contribution < 1.29 is 0 Å². The molecule has 0 aliphatic rings. The first-order valence-electron chi connectivity index (χ1n) is 4.90. The topological polar surface area (TPSA) is 25.8 Å². The van der Waals surface area contributed by atoms with Gasteiger partial charge < -0.3 is 0 Å². The lowest BCUT2D eigenvalue weighted by atomic mass is 9.84. The Bertz CT molecular complexity index is 348. The van der Waals surface area contributed by atoms with Crippen molar-refractivity contribution >= 4 is 0 Å². The molecule has 74 valence electrons. The van der Waals surface area contributed by atoms with Gasteiger partial charge in [0.2, 0.25) is 5.82 Å². The maximum Gasteiger partial charge on any atom is 0.204 e. The van der Waals surface area contributed by atoms with Gasteiger partial charge in [-0.1, -0.05) is 27.2 Å². The summed E-state index contributed by atoms with van der Waals surface area (Å²) >= 11 is 0. The Morgan fingerprint density at radius 1 is 1.50 bits per heavy atom. The average molecular weight is 188 g/mol. The van der Waals surface area contributed by atoms with E-state index in [2.05, 4.69) is 36.7 Å². The number of hydrogen-bond acceptors (Lipinski definition) is 2. The van der Waals surface area contributed by atoms with E-state index < -0.39 is 0 Å². The normalized spacial score (nSPS) is 11.0. The molecule has 0 aliphatic heterocycles. The summed E-state index contributed by atoms with van der Waals surface area (Å²) in [4.78, 5) is 8.32. The van der Waals surface area contributed by atoms with Crippen molar-refractivity contribution in [1.29, 1.82) is 0 Å². The van der Waals surface area contributed by atoms with E-state index in [0.29, 0.717) is 5.82 Å². The Morgan fingerprint density at radius 2 is 2.21 bits per heavy atom. The van der Waals surface area contributed by atoms with E-state index >= 15 is 0 Å². The van der Waals surface area contributed by atoms with Crippen molar-refractivity contribution in [2.24, 2.45) is 0 Å². The zero-order chi connectivity index (χ0) is 10.6. The number of aromatic nitrogens is 2. The quantitative estimate of drug-likeness (QED) is 0.681. The fraction of sp³-hybridized carbons (Fsp3) is 0.500. The Labute approximate surface area is 85.8 Å². The summed E-state index contributed by atoms with van der Waals surface area (Å²) in [6.45, 7) is 6.53. The Hall–Kier alpha value is -1.36. The summed E-state index contributed by atoms with van der Waals surface area (Å²) in [6.07, 6.45) is 9.24. The molecular weight excluding hydrogens is 172 g/mol. The molecule has 1 aromatic heterocycles. The third-order valence-corrected chi connectivity index (χ3v) is 2.35. The number of rotatable bonds is 3. The molecule has 0 saturated carbocycles. The molecule has 1 heterocycles. The Balaban J connectivity index is 3.01. The highest BCUT2D eigenvalue weighted by molar-refractivity contribution is 5.21. The maximum absolute atomic E-state index is 5.26. The van der Waals surface area contributed by atoms with Gasteiger partial charge in [0, 0.05) is 11.6 Å². The van der Waals surface area contributed by atoms with Crippen molar-refractivity contribution in [2.45, 2.75) is 39.0 Å². The Kier molecular flexibility index (Phi) is 3.24. The molecule has 1 aromatic rings. The van der Waals surface area contributed by atoms with Crippen LogP contribution >= 0.6 is 0 Å². The smallest absolute Gasteiger partial charge is 0.204 e. The van der Waals surface area contributed by atoms with Gasteiger partial charge in [-0.05, 0) is 18.4 Å². The van der Waals surface area contributed by atoms with Crippen molar-refractivity contribution in [3.63, 3.8) is 0 Å². The third-order valence-electron chi connectivity index (χ3n) is 2.35. The number of nitrogens with zero attached hydrogens (tertiary/aromatic N) is 2. The van der Waals surface area contributed by atoms with Crippen LogP contribution in [0.4, 0.5) is 0 Å². The fourth-order valence-electron chi connectivity index (χ4n) is 1.56. The highest BCUT2D eigenvalue weighted by atomic mass is 14.9. The van der Waals surface area contributed by atoms with Gasteiger partial charge in [-0.25, -0.2) is 9.97 Å². The molecule has 0 aliphatic carbocycles. The van der Waals surface area contributed by atoms with Crippen LogP contribution in [0.15, 0.2) is 12.3 Å². The third kappa shape index (κ3) is 2.32. The average Bonchev–Trinajstić information content (AvgIpc) is 2.18. The van der Waals surface area contributed by atoms with E-state index in [-0.39, 0.29) is 5.41 Å². The minimum Gasteiger partial charge on any atom is -0.229 e. The van der Waals surface area contributed by atoms with Crippen LogP contribution in [0.3, 0.4) is 0 Å². The zero-order valence-corrected chi connectivity index (χ0v) is 9.04. The standard InChI is InChI=1S/C12H16N2/c1-5-8-12(3,4)10-7-9-13-11(6-2)14-10/h2,7,9H,5,8H2,1,3-4H3. The minimum atomic E-state index is 0.0866. The van der Waals surface area contributed by atoms with E-state index in [1.54, 1.807) is 6.20 Å². The highest BCUT2D eigenvalue weighted by Gasteiger charge is 2.21. The lowest BCUT2D eigenvalue weighted by Crippen LogP contribution is -2.19. The molecule has 0 N–H and O–H groups in total. The Morgan fingerprint density at radius 3 is 2.79 bits per heavy atom. The molecule has 0 spiro atoms. The van der Waals surface area contributed by atoms with Crippen LogP contribution in [0.1, 0.15) is 45.1 Å². The number of hydrogen-bond donors (Lipinski definition) is 0. The van der Waals surface area contributed by atoms with Gasteiger partial charge in [-0.3, -0.25) is 0 Å². The summed E-state index contributed by atoms with van der Waals surface area (Å²) in [5.74, 6) is 2.94. The van der Waals surface area contributed by atoms with Gasteiger partial charge in [0.1, 0.15) is 0 Å². The van der Waals surface area contributed by atoms with Crippen LogP contribution in [0.2, 0.25) is 0 Å². The summed E-state index contributed by atoms with van der Waals surface area (Å²) in [5, 5.41) is 0. The molecule has 0 unspecified atom stereocenters. The van der Waals surface area contributed by atoms with Crippen molar-refractivity contribution in [3.05, 3.63) is 23.8 Å². The van der Waals surface area contributed by atoms with Crippen molar-refractivity contribution in [2.75, 3.05) is 0 Å². The molecule has 0 atom stereocenters. The second-order valence-electron chi connectivity index (χ2n) is 4.04. The first-order chi connectivity index (χ1) is 6.60. The van der Waals surface area contributed by atoms with Gasteiger partial charge in [-0.15, -0.1) is 6.42 Å². The summed E-state index contributed by atoms with van der Waals surface area (Å²) in [6, 6.07) is 1.94. The predicted octanol–water partition coefficient (Wildman–Crippen LogP) is 2.54. The minimum absolute atomic E-state index is 0.0866. The molecule has 0 amide bonds. The zero-order valence-electron chi connectivity index (χ0n) is 9.04. The lowest BCUT2D eigenvalue weighted by Gasteiger charge is -2.23. The molecule has 0 bridgehead atoms. The van der Waals surface area contributed by atoms with E-state index in [0.717, 1.165) is 18.5 Å². The van der Waals surface area contributed by atoms with E-state index in [1.807, 2.05) is 6.07 Å². The highest BCUT2D eigenvalue weighted by Crippen LogP contribution is 2.26. The van der Waals surface area contributed by atoms with Gasteiger partial charge in [0.15, 0.2) is 0 Å². The van der Waals surface area contributed by atoms with Gasteiger partial charge in [0.25, 0.3) is 0 Å². The molecule has 14 heavy (non-hydrogen) atoms. The van der Waals surface area contributed by atoms with Crippen LogP contribution in [0, 0.1) is 12.3 Å². The van der Waals surface area contributed by atoms with Gasteiger partial charge in [0.05, 0.1) is 5.69 Å². The van der Waals surface area contributed by atoms with E-state index in [9.17, 15) is 0 Å². The predicted molar refractivity (Wildman–Crippen MR) is 57.9 cm³/mol. The van der Waals surface area contributed by atoms with Crippen LogP contribution in [0.25, 0.3) is 0 Å². The monoisotopic (exact) mass is 188 g/mol. The molecule has 2 heteroatoms. The van der Waals surface area contributed by atoms with Gasteiger partial charge >= 0.3 is 0 Å². The van der Waals surface area contributed by atoms with Crippen LogP contribution in [-0.2, 0) is 5.41 Å². The largest absolute Gasteiger partial charge is 0.229 e. The SMILES string of the molecule is C#Cc1nccc(C(C)(C)CCC)n1. The maximum atomic E-state index is 5.26. The summed E-state index contributed by atoms with van der Waals surface area (Å²) in [7, 11) is 0. The van der Waals surface area contributed by atoms with Crippen molar-refractivity contribution in [1.82, 2.24) is 9.97 Å². The van der Waals surface area contributed by atoms with Crippen LogP contribution in [0.5, 0.6) is 0 Å². The van der Waals surface area contributed by atoms with E-state index in [1.165, 1.54) is 0 Å². The molecule has 1 rings (SSSR count). The van der Waals surface area contributed by atoms with Gasteiger partial charge in [-0.2, -0.15) is 0 Å². The molecule has 0 fully saturated rings. The van der Waals surface area contributed by atoms with Crippen molar-refractivity contribution in [3.8, 4) is 12.3 Å². The van der Waals surface area contributed by atoms with Crippen LogP contribution in [-0.4, -0.2) is 9.97 Å². The van der Waals surface area contributed by atoms with Crippen LogP contribution < -0.4 is 0 Å².